The van der Waals surface area contributed by atoms with E-state index in [-0.39, 0.29) is 17.2 Å². The van der Waals surface area contributed by atoms with E-state index in [0.29, 0.717) is 17.0 Å². The quantitative estimate of drug-likeness (QED) is 0.651. The summed E-state index contributed by atoms with van der Waals surface area (Å²) in [6, 6.07) is 5.95. The highest BCUT2D eigenvalue weighted by Gasteiger charge is 2.11. The van der Waals surface area contributed by atoms with Crippen molar-refractivity contribution in [2.24, 2.45) is 0 Å². The number of aromatic nitrogens is 4. The molecule has 0 spiro atoms. The number of hydrogen-bond acceptors (Lipinski definition) is 6. The summed E-state index contributed by atoms with van der Waals surface area (Å²) >= 11 is 0. The van der Waals surface area contributed by atoms with Crippen LogP contribution in [0.15, 0.2) is 24.5 Å². The SMILES string of the molecule is N#Cc1ccc(Nc2nc(N)nc3nc[nH]c23)c(F)c1. The van der Waals surface area contributed by atoms with Gasteiger partial charge in [0.25, 0.3) is 0 Å². The highest BCUT2D eigenvalue weighted by molar-refractivity contribution is 5.85. The van der Waals surface area contributed by atoms with Crippen LogP contribution in [0, 0.1) is 17.1 Å². The molecule has 8 heteroatoms. The Kier molecular flexibility index (Phi) is 2.65. The van der Waals surface area contributed by atoms with Crippen LogP contribution in [-0.2, 0) is 0 Å². The van der Waals surface area contributed by atoms with Gasteiger partial charge in [0.2, 0.25) is 5.95 Å². The van der Waals surface area contributed by atoms with Crippen LogP contribution in [0.25, 0.3) is 11.2 Å². The van der Waals surface area contributed by atoms with Crippen molar-refractivity contribution < 1.29 is 4.39 Å². The van der Waals surface area contributed by atoms with Gasteiger partial charge in [-0.25, -0.2) is 9.37 Å². The summed E-state index contributed by atoms with van der Waals surface area (Å²) < 4.78 is 13.8. The number of aromatic amines is 1. The minimum absolute atomic E-state index is 0.0288. The molecule has 0 saturated heterocycles. The molecule has 0 fully saturated rings. The van der Waals surface area contributed by atoms with Crippen molar-refractivity contribution in [3.05, 3.63) is 35.9 Å². The number of H-pyrrole nitrogens is 1. The molecule has 2 heterocycles. The number of nitrogens with two attached hydrogens (primary N) is 1. The van der Waals surface area contributed by atoms with Crippen LogP contribution in [0.4, 0.5) is 21.8 Å². The fourth-order valence-corrected chi connectivity index (χ4v) is 1.75. The van der Waals surface area contributed by atoms with Gasteiger partial charge in [0.15, 0.2) is 11.5 Å². The molecule has 2 aromatic heterocycles. The topological polar surface area (TPSA) is 116 Å². The van der Waals surface area contributed by atoms with E-state index in [1.54, 1.807) is 0 Å². The van der Waals surface area contributed by atoms with Crippen LogP contribution in [0.1, 0.15) is 5.56 Å². The highest BCUT2D eigenvalue weighted by Crippen LogP contribution is 2.24. The standard InChI is InChI=1S/C12H8FN7/c13-7-3-6(4-14)1-2-8(7)18-11-9-10(17-5-16-9)19-12(15)20-11/h1-3,5H,(H4,15,16,17,18,19,20). The zero-order valence-corrected chi connectivity index (χ0v) is 10.1. The minimum atomic E-state index is -0.561. The van der Waals surface area contributed by atoms with Crippen LogP contribution in [0.3, 0.4) is 0 Å². The zero-order chi connectivity index (χ0) is 14.1. The Hall–Kier alpha value is -3.21. The average Bonchev–Trinajstić information content (AvgIpc) is 2.89. The van der Waals surface area contributed by atoms with Crippen molar-refractivity contribution in [2.45, 2.75) is 0 Å². The normalized spacial score (nSPS) is 10.4. The van der Waals surface area contributed by atoms with Gasteiger partial charge in [0, 0.05) is 0 Å². The van der Waals surface area contributed by atoms with Gasteiger partial charge in [0.1, 0.15) is 11.3 Å². The second kappa shape index (κ2) is 4.47. The maximum absolute atomic E-state index is 13.8. The van der Waals surface area contributed by atoms with Crippen molar-refractivity contribution in [2.75, 3.05) is 11.1 Å². The summed E-state index contributed by atoms with van der Waals surface area (Å²) in [6.07, 6.45) is 1.44. The smallest absolute Gasteiger partial charge is 0.224 e. The number of hydrogen-bond donors (Lipinski definition) is 3. The predicted octanol–water partition coefficient (Wildman–Crippen LogP) is 1.69. The number of rotatable bonds is 2. The molecule has 7 nitrogen and oxygen atoms in total. The molecule has 20 heavy (non-hydrogen) atoms. The first-order valence-electron chi connectivity index (χ1n) is 5.60. The van der Waals surface area contributed by atoms with Crippen LogP contribution in [-0.4, -0.2) is 19.9 Å². The minimum Gasteiger partial charge on any atom is -0.368 e. The molecule has 0 saturated carbocycles. The number of benzene rings is 1. The molecule has 0 atom stereocenters. The Morgan fingerprint density at radius 3 is 2.95 bits per heavy atom. The Balaban J connectivity index is 2.05. The Morgan fingerprint density at radius 2 is 2.20 bits per heavy atom. The molecule has 0 unspecified atom stereocenters. The van der Waals surface area contributed by atoms with Crippen LogP contribution in [0.2, 0.25) is 0 Å². The summed E-state index contributed by atoms with van der Waals surface area (Å²) in [4.78, 5) is 14.8. The summed E-state index contributed by atoms with van der Waals surface area (Å²) in [6.45, 7) is 0. The molecule has 0 bridgehead atoms. The Morgan fingerprint density at radius 1 is 1.35 bits per heavy atom. The molecule has 4 N–H and O–H groups in total. The summed E-state index contributed by atoms with van der Waals surface area (Å²) in [5, 5.41) is 11.5. The second-order valence-corrected chi connectivity index (χ2v) is 3.96. The number of anilines is 3. The predicted molar refractivity (Wildman–Crippen MR) is 70.5 cm³/mol. The lowest BCUT2D eigenvalue weighted by Gasteiger charge is -2.08. The van der Waals surface area contributed by atoms with Gasteiger partial charge in [0.05, 0.1) is 23.6 Å². The number of nitrogen functional groups attached to an aromatic ring is 1. The van der Waals surface area contributed by atoms with E-state index in [2.05, 4.69) is 25.3 Å². The molecule has 0 aliphatic rings. The second-order valence-electron chi connectivity index (χ2n) is 3.96. The van der Waals surface area contributed by atoms with Crippen molar-refractivity contribution in [3.63, 3.8) is 0 Å². The van der Waals surface area contributed by atoms with E-state index in [1.807, 2.05) is 6.07 Å². The molecule has 3 aromatic rings. The van der Waals surface area contributed by atoms with E-state index in [0.717, 1.165) is 6.07 Å². The molecule has 1 aromatic carbocycles. The van der Waals surface area contributed by atoms with E-state index in [9.17, 15) is 4.39 Å². The fourth-order valence-electron chi connectivity index (χ4n) is 1.75. The fraction of sp³-hybridized carbons (Fsp3) is 0. The van der Waals surface area contributed by atoms with Gasteiger partial charge >= 0.3 is 0 Å². The number of nitrogens with zero attached hydrogens (tertiary/aromatic N) is 4. The number of nitriles is 1. The van der Waals surface area contributed by atoms with Gasteiger partial charge in [-0.05, 0) is 18.2 Å². The molecular weight excluding hydrogens is 261 g/mol. The lowest BCUT2D eigenvalue weighted by molar-refractivity contribution is 0.631. The molecule has 3 rings (SSSR count). The number of fused-ring (bicyclic) bond motifs is 1. The van der Waals surface area contributed by atoms with Gasteiger partial charge in [-0.2, -0.15) is 15.2 Å². The number of imidazole rings is 1. The van der Waals surface area contributed by atoms with Gasteiger partial charge in [-0.1, -0.05) is 0 Å². The maximum atomic E-state index is 13.8. The lowest BCUT2D eigenvalue weighted by Crippen LogP contribution is -2.02. The van der Waals surface area contributed by atoms with E-state index in [1.165, 1.54) is 18.5 Å². The maximum Gasteiger partial charge on any atom is 0.224 e. The summed E-state index contributed by atoms with van der Waals surface area (Å²) in [5.74, 6) is -0.219. The van der Waals surface area contributed by atoms with Crippen molar-refractivity contribution >= 4 is 28.6 Å². The first-order valence-corrected chi connectivity index (χ1v) is 5.60. The zero-order valence-electron chi connectivity index (χ0n) is 10.1. The molecule has 0 aliphatic carbocycles. The first-order chi connectivity index (χ1) is 9.67. The number of halogens is 1. The van der Waals surface area contributed by atoms with E-state index >= 15 is 0 Å². The third kappa shape index (κ3) is 1.97. The molecule has 0 aliphatic heterocycles. The Bertz CT molecular complexity index is 833. The third-order valence-electron chi connectivity index (χ3n) is 2.65. The molecule has 98 valence electrons. The van der Waals surface area contributed by atoms with E-state index < -0.39 is 5.82 Å². The average molecular weight is 269 g/mol. The highest BCUT2D eigenvalue weighted by atomic mass is 19.1. The molecule has 0 amide bonds. The molecule has 0 radical (unpaired) electrons. The Labute approximate surface area is 112 Å². The van der Waals surface area contributed by atoms with Crippen molar-refractivity contribution in [1.82, 2.24) is 19.9 Å². The largest absolute Gasteiger partial charge is 0.368 e. The van der Waals surface area contributed by atoms with Gasteiger partial charge < -0.3 is 16.0 Å². The van der Waals surface area contributed by atoms with Crippen LogP contribution < -0.4 is 11.1 Å². The summed E-state index contributed by atoms with van der Waals surface area (Å²) in [7, 11) is 0. The molecular formula is C12H8FN7. The van der Waals surface area contributed by atoms with Crippen LogP contribution >= 0.6 is 0 Å². The first kappa shape index (κ1) is 11.9. The van der Waals surface area contributed by atoms with Crippen molar-refractivity contribution in [1.29, 1.82) is 5.26 Å². The van der Waals surface area contributed by atoms with Gasteiger partial charge in [-0.15, -0.1) is 0 Å². The van der Waals surface area contributed by atoms with Gasteiger partial charge in [-0.3, -0.25) is 0 Å². The monoisotopic (exact) mass is 269 g/mol. The summed E-state index contributed by atoms with van der Waals surface area (Å²) in [5.41, 5.74) is 6.88. The number of nitrogens with one attached hydrogen (secondary N) is 2. The van der Waals surface area contributed by atoms with E-state index in [4.69, 9.17) is 11.0 Å². The van der Waals surface area contributed by atoms with Crippen molar-refractivity contribution in [3.8, 4) is 6.07 Å². The lowest BCUT2D eigenvalue weighted by atomic mass is 10.2. The third-order valence-corrected chi connectivity index (χ3v) is 2.65. The van der Waals surface area contributed by atoms with Crippen LogP contribution in [0.5, 0.6) is 0 Å².